The zero-order valence-electron chi connectivity index (χ0n) is 10.8. The van der Waals surface area contributed by atoms with Gasteiger partial charge in [-0.3, -0.25) is 4.68 Å². The lowest BCUT2D eigenvalue weighted by Gasteiger charge is -2.21. The minimum absolute atomic E-state index is 0.595. The van der Waals surface area contributed by atoms with Crippen LogP contribution in [-0.2, 0) is 13.0 Å². The van der Waals surface area contributed by atoms with Gasteiger partial charge < -0.3 is 5.73 Å². The SMILES string of the molecule is CCCn1ncnc1CC(CN)C1CCCC1. The third-order valence-electron chi connectivity index (χ3n) is 3.95. The Balaban J connectivity index is 1.99. The van der Waals surface area contributed by atoms with Crippen molar-refractivity contribution in [3.63, 3.8) is 0 Å². The van der Waals surface area contributed by atoms with Gasteiger partial charge in [0.05, 0.1) is 0 Å². The molecule has 2 N–H and O–H groups in total. The third-order valence-corrected chi connectivity index (χ3v) is 3.95. The summed E-state index contributed by atoms with van der Waals surface area (Å²) in [6, 6.07) is 0. The monoisotopic (exact) mass is 236 g/mol. The predicted molar refractivity (Wildman–Crippen MR) is 68.5 cm³/mol. The number of aryl methyl sites for hydroxylation is 1. The Kier molecular flexibility index (Phi) is 4.54. The Labute approximate surface area is 104 Å². The molecule has 0 spiro atoms. The van der Waals surface area contributed by atoms with Gasteiger partial charge in [0, 0.05) is 13.0 Å². The molecule has 1 aliphatic rings. The molecule has 1 aliphatic carbocycles. The topological polar surface area (TPSA) is 56.7 Å². The molecule has 0 amide bonds. The van der Waals surface area contributed by atoms with Gasteiger partial charge in [-0.25, -0.2) is 4.98 Å². The van der Waals surface area contributed by atoms with Crippen molar-refractivity contribution in [2.45, 2.75) is 52.0 Å². The van der Waals surface area contributed by atoms with E-state index >= 15 is 0 Å². The molecule has 0 aromatic carbocycles. The van der Waals surface area contributed by atoms with E-state index in [1.807, 2.05) is 4.68 Å². The molecular weight excluding hydrogens is 212 g/mol. The fourth-order valence-corrected chi connectivity index (χ4v) is 2.95. The van der Waals surface area contributed by atoms with Crippen LogP contribution in [0.5, 0.6) is 0 Å². The van der Waals surface area contributed by atoms with Crippen molar-refractivity contribution in [1.29, 1.82) is 0 Å². The van der Waals surface area contributed by atoms with E-state index in [0.29, 0.717) is 5.92 Å². The van der Waals surface area contributed by atoms with Crippen molar-refractivity contribution < 1.29 is 0 Å². The van der Waals surface area contributed by atoms with Crippen LogP contribution in [0, 0.1) is 11.8 Å². The maximum Gasteiger partial charge on any atom is 0.138 e. The number of nitrogens with zero attached hydrogens (tertiary/aromatic N) is 3. The van der Waals surface area contributed by atoms with Gasteiger partial charge in [0.2, 0.25) is 0 Å². The van der Waals surface area contributed by atoms with Crippen LogP contribution in [-0.4, -0.2) is 21.3 Å². The fourth-order valence-electron chi connectivity index (χ4n) is 2.95. The Morgan fingerprint density at radius 1 is 1.47 bits per heavy atom. The molecule has 0 bridgehead atoms. The van der Waals surface area contributed by atoms with E-state index in [1.165, 1.54) is 25.7 Å². The van der Waals surface area contributed by atoms with Gasteiger partial charge in [-0.1, -0.05) is 32.6 Å². The Morgan fingerprint density at radius 3 is 2.88 bits per heavy atom. The van der Waals surface area contributed by atoms with Crippen molar-refractivity contribution in [3.05, 3.63) is 12.2 Å². The van der Waals surface area contributed by atoms with Crippen LogP contribution in [0.3, 0.4) is 0 Å². The smallest absolute Gasteiger partial charge is 0.138 e. The summed E-state index contributed by atoms with van der Waals surface area (Å²) in [6.07, 6.45) is 9.24. The average molecular weight is 236 g/mol. The maximum absolute atomic E-state index is 5.94. The Bertz CT molecular complexity index is 328. The van der Waals surface area contributed by atoms with E-state index in [1.54, 1.807) is 6.33 Å². The fraction of sp³-hybridized carbons (Fsp3) is 0.846. The van der Waals surface area contributed by atoms with Crippen LogP contribution in [0.2, 0.25) is 0 Å². The summed E-state index contributed by atoms with van der Waals surface area (Å²) in [5.41, 5.74) is 5.94. The zero-order valence-corrected chi connectivity index (χ0v) is 10.8. The summed E-state index contributed by atoms with van der Waals surface area (Å²) in [5, 5.41) is 4.28. The lowest BCUT2D eigenvalue weighted by Crippen LogP contribution is -2.25. The lowest BCUT2D eigenvalue weighted by molar-refractivity contribution is 0.333. The van der Waals surface area contributed by atoms with Crippen molar-refractivity contribution in [1.82, 2.24) is 14.8 Å². The first-order valence-electron chi connectivity index (χ1n) is 6.92. The summed E-state index contributed by atoms with van der Waals surface area (Å²) in [5.74, 6) is 2.53. The maximum atomic E-state index is 5.94. The lowest BCUT2D eigenvalue weighted by atomic mass is 9.88. The first kappa shape index (κ1) is 12.6. The second kappa shape index (κ2) is 6.15. The van der Waals surface area contributed by atoms with E-state index in [0.717, 1.165) is 37.7 Å². The summed E-state index contributed by atoms with van der Waals surface area (Å²) in [7, 11) is 0. The molecule has 1 unspecified atom stereocenters. The molecule has 1 saturated carbocycles. The van der Waals surface area contributed by atoms with Crippen molar-refractivity contribution >= 4 is 0 Å². The second-order valence-corrected chi connectivity index (χ2v) is 5.14. The van der Waals surface area contributed by atoms with E-state index in [2.05, 4.69) is 17.0 Å². The number of aromatic nitrogens is 3. The first-order valence-corrected chi connectivity index (χ1v) is 6.92. The highest BCUT2D eigenvalue weighted by atomic mass is 15.3. The summed E-state index contributed by atoms with van der Waals surface area (Å²) >= 11 is 0. The van der Waals surface area contributed by atoms with E-state index in [9.17, 15) is 0 Å². The van der Waals surface area contributed by atoms with Gasteiger partial charge in [-0.05, 0) is 24.8 Å². The highest BCUT2D eigenvalue weighted by Gasteiger charge is 2.25. The molecule has 1 aromatic heterocycles. The van der Waals surface area contributed by atoms with Gasteiger partial charge in [-0.15, -0.1) is 0 Å². The normalized spacial score (nSPS) is 18.7. The van der Waals surface area contributed by atoms with Gasteiger partial charge in [0.25, 0.3) is 0 Å². The Morgan fingerprint density at radius 2 is 2.24 bits per heavy atom. The predicted octanol–water partition coefficient (Wildman–Crippen LogP) is 2.00. The van der Waals surface area contributed by atoms with Crippen LogP contribution in [0.4, 0.5) is 0 Å². The standard InChI is InChI=1S/C13H24N4/c1-2-7-17-13(15-10-16-17)8-12(9-14)11-5-3-4-6-11/h10-12H,2-9,14H2,1H3. The summed E-state index contributed by atoms with van der Waals surface area (Å²) in [4.78, 5) is 4.39. The summed E-state index contributed by atoms with van der Waals surface area (Å²) < 4.78 is 2.04. The minimum Gasteiger partial charge on any atom is -0.330 e. The Hall–Kier alpha value is -0.900. The number of hydrogen-bond donors (Lipinski definition) is 1. The number of nitrogens with two attached hydrogens (primary N) is 1. The molecule has 96 valence electrons. The molecule has 4 nitrogen and oxygen atoms in total. The molecule has 1 heterocycles. The first-order chi connectivity index (χ1) is 8.35. The van der Waals surface area contributed by atoms with Crippen LogP contribution < -0.4 is 5.73 Å². The largest absolute Gasteiger partial charge is 0.330 e. The molecule has 0 aliphatic heterocycles. The van der Waals surface area contributed by atoms with Crippen molar-refractivity contribution in [2.24, 2.45) is 17.6 Å². The molecule has 1 atom stereocenters. The van der Waals surface area contributed by atoms with Crippen molar-refractivity contribution in [3.8, 4) is 0 Å². The van der Waals surface area contributed by atoms with Crippen LogP contribution in [0.15, 0.2) is 6.33 Å². The highest BCUT2D eigenvalue weighted by Crippen LogP contribution is 2.32. The number of rotatable bonds is 6. The molecule has 1 aromatic rings. The quantitative estimate of drug-likeness (QED) is 0.822. The third kappa shape index (κ3) is 3.06. The number of hydrogen-bond acceptors (Lipinski definition) is 3. The van der Waals surface area contributed by atoms with Gasteiger partial charge >= 0.3 is 0 Å². The van der Waals surface area contributed by atoms with Crippen LogP contribution in [0.1, 0.15) is 44.9 Å². The molecule has 0 saturated heterocycles. The second-order valence-electron chi connectivity index (χ2n) is 5.14. The van der Waals surface area contributed by atoms with E-state index in [4.69, 9.17) is 5.73 Å². The minimum atomic E-state index is 0.595. The highest BCUT2D eigenvalue weighted by molar-refractivity contribution is 4.90. The van der Waals surface area contributed by atoms with E-state index < -0.39 is 0 Å². The molecular formula is C13H24N4. The van der Waals surface area contributed by atoms with Crippen LogP contribution >= 0.6 is 0 Å². The molecule has 0 radical (unpaired) electrons. The zero-order chi connectivity index (χ0) is 12.1. The van der Waals surface area contributed by atoms with Gasteiger partial charge in [0.15, 0.2) is 0 Å². The van der Waals surface area contributed by atoms with Gasteiger partial charge in [-0.2, -0.15) is 5.10 Å². The average Bonchev–Trinajstić information content (AvgIpc) is 2.97. The molecule has 2 rings (SSSR count). The summed E-state index contributed by atoms with van der Waals surface area (Å²) in [6.45, 7) is 3.92. The molecule has 17 heavy (non-hydrogen) atoms. The van der Waals surface area contributed by atoms with Gasteiger partial charge in [0.1, 0.15) is 12.2 Å². The molecule has 1 fully saturated rings. The molecule has 4 heteroatoms. The van der Waals surface area contributed by atoms with E-state index in [-0.39, 0.29) is 0 Å². The van der Waals surface area contributed by atoms with Crippen LogP contribution in [0.25, 0.3) is 0 Å². The van der Waals surface area contributed by atoms with Crippen molar-refractivity contribution in [2.75, 3.05) is 6.54 Å².